The van der Waals surface area contributed by atoms with Crippen LogP contribution in [0.3, 0.4) is 0 Å². The summed E-state index contributed by atoms with van der Waals surface area (Å²) in [7, 11) is 4.07. The third-order valence-electron chi connectivity index (χ3n) is 5.16. The second-order valence-electron chi connectivity index (χ2n) is 6.57. The Labute approximate surface area is 121 Å². The highest BCUT2D eigenvalue weighted by Crippen LogP contribution is 2.44. The SMILES string of the molecule is COC[C@@H]1CN(C)CC12CCN(Cc1ccco1)CC2. The van der Waals surface area contributed by atoms with Gasteiger partial charge < -0.3 is 14.1 Å². The van der Waals surface area contributed by atoms with Gasteiger partial charge in [0.05, 0.1) is 19.4 Å². The smallest absolute Gasteiger partial charge is 0.117 e. The van der Waals surface area contributed by atoms with Crippen molar-refractivity contribution in [1.29, 1.82) is 0 Å². The Bertz CT molecular complexity index is 410. The van der Waals surface area contributed by atoms with E-state index < -0.39 is 0 Å². The number of piperidine rings is 1. The fraction of sp³-hybridized carbons (Fsp3) is 0.750. The van der Waals surface area contributed by atoms with Crippen molar-refractivity contribution < 1.29 is 9.15 Å². The van der Waals surface area contributed by atoms with Gasteiger partial charge >= 0.3 is 0 Å². The largest absolute Gasteiger partial charge is 0.468 e. The van der Waals surface area contributed by atoms with E-state index in [1.807, 2.05) is 13.2 Å². The zero-order valence-electron chi connectivity index (χ0n) is 12.7. The summed E-state index contributed by atoms with van der Waals surface area (Å²) < 4.78 is 10.9. The molecule has 0 amide bonds. The summed E-state index contributed by atoms with van der Waals surface area (Å²) in [6.45, 7) is 6.63. The van der Waals surface area contributed by atoms with Gasteiger partial charge in [-0.3, -0.25) is 4.90 Å². The van der Waals surface area contributed by atoms with Crippen molar-refractivity contribution in [3.63, 3.8) is 0 Å². The number of hydrogen-bond acceptors (Lipinski definition) is 4. The molecule has 0 radical (unpaired) electrons. The maximum Gasteiger partial charge on any atom is 0.117 e. The lowest BCUT2D eigenvalue weighted by molar-refractivity contribution is 0.0335. The van der Waals surface area contributed by atoms with Gasteiger partial charge in [-0.2, -0.15) is 0 Å². The quantitative estimate of drug-likeness (QED) is 0.843. The molecule has 1 spiro atoms. The lowest BCUT2D eigenvalue weighted by Gasteiger charge is -2.42. The molecular formula is C16H26N2O2. The maximum atomic E-state index is 5.46. The monoisotopic (exact) mass is 278 g/mol. The molecule has 1 atom stereocenters. The molecule has 0 saturated carbocycles. The van der Waals surface area contributed by atoms with Crippen LogP contribution >= 0.6 is 0 Å². The first-order chi connectivity index (χ1) is 9.72. The number of ether oxygens (including phenoxy) is 1. The molecule has 2 aliphatic heterocycles. The van der Waals surface area contributed by atoms with Crippen LogP contribution in [-0.4, -0.2) is 56.7 Å². The molecule has 3 heterocycles. The summed E-state index contributed by atoms with van der Waals surface area (Å²) >= 11 is 0. The van der Waals surface area contributed by atoms with Crippen LogP contribution < -0.4 is 0 Å². The first-order valence-electron chi connectivity index (χ1n) is 7.64. The fourth-order valence-corrected chi connectivity index (χ4v) is 4.08. The molecule has 112 valence electrons. The molecule has 3 rings (SSSR count). The summed E-state index contributed by atoms with van der Waals surface area (Å²) in [6.07, 6.45) is 4.33. The number of furan rings is 1. The van der Waals surface area contributed by atoms with Gasteiger partial charge in [0, 0.05) is 26.1 Å². The molecule has 0 bridgehead atoms. The molecule has 20 heavy (non-hydrogen) atoms. The Morgan fingerprint density at radius 2 is 2.20 bits per heavy atom. The second-order valence-corrected chi connectivity index (χ2v) is 6.57. The Morgan fingerprint density at radius 3 is 2.85 bits per heavy atom. The van der Waals surface area contributed by atoms with E-state index in [1.165, 1.54) is 39.0 Å². The second kappa shape index (κ2) is 5.88. The van der Waals surface area contributed by atoms with E-state index in [0.29, 0.717) is 11.3 Å². The molecule has 0 aromatic carbocycles. The van der Waals surface area contributed by atoms with Crippen molar-refractivity contribution in [2.45, 2.75) is 19.4 Å². The van der Waals surface area contributed by atoms with Gasteiger partial charge in [-0.15, -0.1) is 0 Å². The van der Waals surface area contributed by atoms with E-state index in [9.17, 15) is 0 Å². The molecule has 0 unspecified atom stereocenters. The Hall–Kier alpha value is -0.840. The van der Waals surface area contributed by atoms with Crippen LogP contribution in [0.5, 0.6) is 0 Å². The van der Waals surface area contributed by atoms with Crippen LogP contribution in [0.2, 0.25) is 0 Å². The van der Waals surface area contributed by atoms with Crippen LogP contribution in [0.25, 0.3) is 0 Å². The molecule has 4 heteroatoms. The molecule has 2 saturated heterocycles. The van der Waals surface area contributed by atoms with Gasteiger partial charge in [0.15, 0.2) is 0 Å². The lowest BCUT2D eigenvalue weighted by atomic mass is 9.71. The number of rotatable bonds is 4. The average molecular weight is 278 g/mol. The highest BCUT2D eigenvalue weighted by atomic mass is 16.5. The minimum atomic E-state index is 0.477. The third kappa shape index (κ3) is 2.78. The molecule has 0 N–H and O–H groups in total. The lowest BCUT2D eigenvalue weighted by Crippen LogP contribution is -2.44. The average Bonchev–Trinajstić information content (AvgIpc) is 3.03. The van der Waals surface area contributed by atoms with E-state index in [0.717, 1.165) is 18.9 Å². The number of likely N-dealkylation sites (tertiary alicyclic amines) is 2. The molecule has 1 aromatic heterocycles. The van der Waals surface area contributed by atoms with Crippen molar-refractivity contribution >= 4 is 0 Å². The van der Waals surface area contributed by atoms with Gasteiger partial charge in [-0.1, -0.05) is 0 Å². The summed E-state index contributed by atoms with van der Waals surface area (Å²) in [5, 5.41) is 0. The fourth-order valence-electron chi connectivity index (χ4n) is 4.08. The van der Waals surface area contributed by atoms with Crippen LogP contribution in [0.4, 0.5) is 0 Å². The van der Waals surface area contributed by atoms with Crippen molar-refractivity contribution in [3.05, 3.63) is 24.2 Å². The van der Waals surface area contributed by atoms with Crippen LogP contribution in [0, 0.1) is 11.3 Å². The first-order valence-corrected chi connectivity index (χ1v) is 7.64. The van der Waals surface area contributed by atoms with Gasteiger partial charge in [-0.25, -0.2) is 0 Å². The van der Waals surface area contributed by atoms with E-state index >= 15 is 0 Å². The number of methoxy groups -OCH3 is 1. The van der Waals surface area contributed by atoms with Gasteiger partial charge in [0.2, 0.25) is 0 Å². The van der Waals surface area contributed by atoms with Gasteiger partial charge in [0.25, 0.3) is 0 Å². The van der Waals surface area contributed by atoms with E-state index in [4.69, 9.17) is 9.15 Å². The predicted molar refractivity (Wildman–Crippen MR) is 78.5 cm³/mol. The topological polar surface area (TPSA) is 28.9 Å². The molecule has 2 aliphatic rings. The summed E-state index contributed by atoms with van der Waals surface area (Å²) in [5.41, 5.74) is 0.477. The van der Waals surface area contributed by atoms with Gasteiger partial charge in [-0.05, 0) is 50.5 Å². The molecular weight excluding hydrogens is 252 g/mol. The van der Waals surface area contributed by atoms with Crippen molar-refractivity contribution in [3.8, 4) is 0 Å². The Balaban J connectivity index is 1.59. The van der Waals surface area contributed by atoms with Crippen molar-refractivity contribution in [1.82, 2.24) is 9.80 Å². The Kier molecular flexibility index (Phi) is 4.15. The highest BCUT2D eigenvalue weighted by Gasteiger charge is 2.46. The highest BCUT2D eigenvalue weighted by molar-refractivity contribution is 5.01. The summed E-state index contributed by atoms with van der Waals surface area (Å²) in [4.78, 5) is 5.00. The Morgan fingerprint density at radius 1 is 1.40 bits per heavy atom. The molecule has 2 fully saturated rings. The van der Waals surface area contributed by atoms with Crippen molar-refractivity contribution in [2.24, 2.45) is 11.3 Å². The minimum Gasteiger partial charge on any atom is -0.468 e. The van der Waals surface area contributed by atoms with E-state index in [2.05, 4.69) is 22.9 Å². The predicted octanol–water partition coefficient (Wildman–Crippen LogP) is 2.07. The number of hydrogen-bond donors (Lipinski definition) is 0. The minimum absolute atomic E-state index is 0.477. The van der Waals surface area contributed by atoms with Crippen LogP contribution in [0.1, 0.15) is 18.6 Å². The molecule has 0 aliphatic carbocycles. The zero-order chi connectivity index (χ0) is 14.0. The van der Waals surface area contributed by atoms with Crippen LogP contribution in [0.15, 0.2) is 22.8 Å². The van der Waals surface area contributed by atoms with Crippen molar-refractivity contribution in [2.75, 3.05) is 46.9 Å². The van der Waals surface area contributed by atoms with E-state index in [1.54, 1.807) is 6.26 Å². The van der Waals surface area contributed by atoms with Gasteiger partial charge in [0.1, 0.15) is 5.76 Å². The summed E-state index contributed by atoms with van der Waals surface area (Å²) in [5.74, 6) is 1.78. The van der Waals surface area contributed by atoms with Crippen LogP contribution in [-0.2, 0) is 11.3 Å². The zero-order valence-corrected chi connectivity index (χ0v) is 12.7. The first kappa shape index (κ1) is 14.1. The summed E-state index contributed by atoms with van der Waals surface area (Å²) in [6, 6.07) is 4.04. The standard InChI is InChI=1S/C16H26N2O2/c1-17-10-14(12-19-2)16(13-17)5-7-18(8-6-16)11-15-4-3-9-20-15/h3-4,9,14H,5-8,10-13H2,1-2H3/t14-/m0/s1. The normalized spacial score (nSPS) is 27.4. The third-order valence-corrected chi connectivity index (χ3v) is 5.16. The number of nitrogens with zero attached hydrogens (tertiary/aromatic N) is 2. The maximum absolute atomic E-state index is 5.46. The molecule has 4 nitrogen and oxygen atoms in total. The molecule has 1 aromatic rings. The van der Waals surface area contributed by atoms with E-state index in [-0.39, 0.29) is 0 Å².